The highest BCUT2D eigenvalue weighted by Crippen LogP contribution is 2.41. The lowest BCUT2D eigenvalue weighted by atomic mass is 9.86. The van der Waals surface area contributed by atoms with Crippen LogP contribution in [-0.4, -0.2) is 43.1 Å². The lowest BCUT2D eigenvalue weighted by molar-refractivity contribution is -0.140. The van der Waals surface area contributed by atoms with E-state index in [1.807, 2.05) is 0 Å². The molecule has 2 aromatic carbocycles. The van der Waals surface area contributed by atoms with Gasteiger partial charge in [0.15, 0.2) is 5.78 Å². The molecule has 3 aromatic rings. The standard InChI is InChI=1S/C25H23NO6/c1-30-17-11-9-16(10-12-17)23(27)21-22(19-7-3-4-8-20(19)31-2)26(25(29)24(21)28)14-13-18-6-5-15-32-18/h3-12,15,21-22H,13-14H2,1-2H3. The van der Waals surface area contributed by atoms with Crippen LogP contribution in [0.3, 0.4) is 0 Å². The third-order valence-electron chi connectivity index (χ3n) is 5.70. The van der Waals surface area contributed by atoms with Crippen molar-refractivity contribution >= 4 is 17.5 Å². The zero-order chi connectivity index (χ0) is 22.7. The van der Waals surface area contributed by atoms with Crippen LogP contribution < -0.4 is 9.47 Å². The molecule has 164 valence electrons. The van der Waals surface area contributed by atoms with Crippen molar-refractivity contribution in [2.24, 2.45) is 5.92 Å². The summed E-state index contributed by atoms with van der Waals surface area (Å²) in [6.45, 7) is 0.229. The average Bonchev–Trinajstić information content (AvgIpc) is 3.44. The number of hydrogen-bond donors (Lipinski definition) is 0. The molecule has 0 radical (unpaired) electrons. The summed E-state index contributed by atoms with van der Waals surface area (Å²) in [5.41, 5.74) is 0.949. The summed E-state index contributed by atoms with van der Waals surface area (Å²) in [6, 6.07) is 16.4. The van der Waals surface area contributed by atoms with Gasteiger partial charge in [-0.3, -0.25) is 14.4 Å². The molecule has 0 saturated carbocycles. The Kier molecular flexibility index (Phi) is 6.07. The van der Waals surface area contributed by atoms with Gasteiger partial charge in [0.05, 0.1) is 26.5 Å². The predicted molar refractivity (Wildman–Crippen MR) is 116 cm³/mol. The summed E-state index contributed by atoms with van der Waals surface area (Å²) >= 11 is 0. The van der Waals surface area contributed by atoms with Crippen LogP contribution in [0.25, 0.3) is 0 Å². The molecule has 0 N–H and O–H groups in total. The van der Waals surface area contributed by atoms with Crippen molar-refractivity contribution < 1.29 is 28.3 Å². The summed E-state index contributed by atoms with van der Waals surface area (Å²) in [6.07, 6.45) is 1.97. The molecular weight excluding hydrogens is 410 g/mol. The Morgan fingerprint density at radius 1 is 0.969 bits per heavy atom. The third-order valence-corrected chi connectivity index (χ3v) is 5.70. The number of nitrogens with zero attached hydrogens (tertiary/aromatic N) is 1. The fourth-order valence-electron chi connectivity index (χ4n) is 4.11. The number of Topliss-reactive ketones (excluding diaryl/α,β-unsaturated/α-hetero) is 2. The van der Waals surface area contributed by atoms with Crippen LogP contribution in [-0.2, 0) is 16.0 Å². The van der Waals surface area contributed by atoms with E-state index >= 15 is 0 Å². The SMILES string of the molecule is COc1ccc(C(=O)C2C(=O)C(=O)N(CCc3ccco3)C2c2ccccc2OC)cc1. The lowest BCUT2D eigenvalue weighted by Crippen LogP contribution is -2.32. The predicted octanol–water partition coefficient (Wildman–Crippen LogP) is 3.49. The molecule has 1 saturated heterocycles. The smallest absolute Gasteiger partial charge is 0.291 e. The van der Waals surface area contributed by atoms with Crippen LogP contribution in [0.4, 0.5) is 0 Å². The maximum atomic E-state index is 13.5. The van der Waals surface area contributed by atoms with Gasteiger partial charge in [-0.1, -0.05) is 18.2 Å². The van der Waals surface area contributed by atoms with Crippen LogP contribution in [0, 0.1) is 5.92 Å². The summed E-state index contributed by atoms with van der Waals surface area (Å²) in [5, 5.41) is 0. The number of furan rings is 1. The summed E-state index contributed by atoms with van der Waals surface area (Å²) < 4.78 is 16.0. The van der Waals surface area contributed by atoms with Gasteiger partial charge in [0.25, 0.3) is 5.91 Å². The van der Waals surface area contributed by atoms with Gasteiger partial charge in [0.2, 0.25) is 5.78 Å². The van der Waals surface area contributed by atoms with Crippen LogP contribution in [0.1, 0.15) is 27.7 Å². The van der Waals surface area contributed by atoms with Crippen molar-refractivity contribution in [3.63, 3.8) is 0 Å². The van der Waals surface area contributed by atoms with Gasteiger partial charge in [0, 0.05) is 24.1 Å². The first kappa shape index (κ1) is 21.4. The number of hydrogen-bond acceptors (Lipinski definition) is 6. The maximum absolute atomic E-state index is 13.5. The molecule has 0 spiro atoms. The Hall–Kier alpha value is -3.87. The molecule has 1 fully saturated rings. The normalized spacial score (nSPS) is 18.1. The van der Waals surface area contributed by atoms with E-state index in [0.29, 0.717) is 34.8 Å². The van der Waals surface area contributed by atoms with Crippen LogP contribution >= 0.6 is 0 Å². The van der Waals surface area contributed by atoms with E-state index < -0.39 is 29.4 Å². The molecule has 1 amide bonds. The van der Waals surface area contributed by atoms with E-state index in [4.69, 9.17) is 13.9 Å². The minimum absolute atomic E-state index is 0.229. The molecule has 0 bridgehead atoms. The van der Waals surface area contributed by atoms with E-state index in [1.165, 1.54) is 19.1 Å². The Balaban J connectivity index is 1.74. The van der Waals surface area contributed by atoms with Gasteiger partial charge in [-0.2, -0.15) is 0 Å². The molecule has 2 atom stereocenters. The minimum Gasteiger partial charge on any atom is -0.497 e. The molecule has 7 nitrogen and oxygen atoms in total. The highest BCUT2D eigenvalue weighted by atomic mass is 16.5. The third kappa shape index (κ3) is 3.89. The van der Waals surface area contributed by atoms with E-state index in [0.717, 1.165) is 0 Å². The van der Waals surface area contributed by atoms with E-state index in [9.17, 15) is 14.4 Å². The number of methoxy groups -OCH3 is 2. The largest absolute Gasteiger partial charge is 0.497 e. The molecule has 4 rings (SSSR count). The summed E-state index contributed by atoms with van der Waals surface area (Å²) in [7, 11) is 3.05. The molecular formula is C25H23NO6. The maximum Gasteiger partial charge on any atom is 0.291 e. The first-order chi connectivity index (χ1) is 15.5. The first-order valence-electron chi connectivity index (χ1n) is 10.2. The molecule has 0 aliphatic carbocycles. The fraction of sp³-hybridized carbons (Fsp3) is 0.240. The van der Waals surface area contributed by atoms with Crippen molar-refractivity contribution in [2.75, 3.05) is 20.8 Å². The quantitative estimate of drug-likeness (QED) is 0.307. The Labute approximate surface area is 185 Å². The summed E-state index contributed by atoms with van der Waals surface area (Å²) in [5.74, 6) is -1.20. The molecule has 1 aliphatic heterocycles. The van der Waals surface area contributed by atoms with Crippen molar-refractivity contribution in [3.05, 3.63) is 83.8 Å². The van der Waals surface area contributed by atoms with Crippen LogP contribution in [0.2, 0.25) is 0 Å². The van der Waals surface area contributed by atoms with Crippen molar-refractivity contribution in [1.29, 1.82) is 0 Å². The second kappa shape index (κ2) is 9.09. The van der Waals surface area contributed by atoms with Crippen molar-refractivity contribution in [2.45, 2.75) is 12.5 Å². The molecule has 2 unspecified atom stereocenters. The topological polar surface area (TPSA) is 86.1 Å². The highest BCUT2D eigenvalue weighted by molar-refractivity contribution is 6.44. The minimum atomic E-state index is -1.18. The number of likely N-dealkylation sites (tertiary alicyclic amines) is 1. The number of carbonyl (C=O) groups is 3. The first-order valence-corrected chi connectivity index (χ1v) is 10.2. The Morgan fingerprint density at radius 2 is 1.72 bits per heavy atom. The fourth-order valence-corrected chi connectivity index (χ4v) is 4.11. The summed E-state index contributed by atoms with van der Waals surface area (Å²) in [4.78, 5) is 41.0. The second-order valence-electron chi connectivity index (χ2n) is 7.45. The Morgan fingerprint density at radius 3 is 2.38 bits per heavy atom. The number of ether oxygens (including phenoxy) is 2. The average molecular weight is 433 g/mol. The van der Waals surface area contributed by atoms with Crippen LogP contribution in [0.5, 0.6) is 11.5 Å². The Bertz CT molecular complexity index is 1120. The highest BCUT2D eigenvalue weighted by Gasteiger charge is 2.52. The number of para-hydroxylation sites is 1. The monoisotopic (exact) mass is 433 g/mol. The van der Waals surface area contributed by atoms with Crippen LogP contribution in [0.15, 0.2) is 71.3 Å². The number of carbonyl (C=O) groups excluding carboxylic acids is 3. The molecule has 1 aromatic heterocycles. The van der Waals surface area contributed by atoms with Gasteiger partial charge in [0.1, 0.15) is 23.2 Å². The number of rotatable bonds is 8. The molecule has 32 heavy (non-hydrogen) atoms. The van der Waals surface area contributed by atoms with Gasteiger partial charge in [-0.15, -0.1) is 0 Å². The van der Waals surface area contributed by atoms with Crippen molar-refractivity contribution in [1.82, 2.24) is 4.90 Å². The number of benzene rings is 2. The zero-order valence-electron chi connectivity index (χ0n) is 17.8. The van der Waals surface area contributed by atoms with Gasteiger partial charge in [-0.25, -0.2) is 0 Å². The zero-order valence-corrected chi connectivity index (χ0v) is 17.8. The van der Waals surface area contributed by atoms with E-state index in [2.05, 4.69) is 0 Å². The lowest BCUT2D eigenvalue weighted by Gasteiger charge is -2.28. The second-order valence-corrected chi connectivity index (χ2v) is 7.45. The van der Waals surface area contributed by atoms with Gasteiger partial charge >= 0.3 is 0 Å². The molecule has 7 heteroatoms. The van der Waals surface area contributed by atoms with Gasteiger partial charge < -0.3 is 18.8 Å². The van der Waals surface area contributed by atoms with E-state index in [1.54, 1.807) is 66.9 Å². The van der Waals surface area contributed by atoms with E-state index in [-0.39, 0.29) is 6.54 Å². The van der Waals surface area contributed by atoms with Crippen molar-refractivity contribution in [3.8, 4) is 11.5 Å². The number of amides is 1. The molecule has 1 aliphatic rings. The van der Waals surface area contributed by atoms with Gasteiger partial charge in [-0.05, 0) is 42.5 Å². The molecule has 2 heterocycles. The number of ketones is 2.